The number of fused-ring (bicyclic) bond motifs is 1. The first-order chi connectivity index (χ1) is 20.1. The fourth-order valence-electron chi connectivity index (χ4n) is 5.13. The molecule has 2 aromatic carbocycles. The molecular weight excluding hydrogens is 556 g/mol. The lowest BCUT2D eigenvalue weighted by atomic mass is 9.94. The molecule has 2 aliphatic heterocycles. The minimum absolute atomic E-state index is 0.00292. The van der Waals surface area contributed by atoms with Crippen LogP contribution in [0.3, 0.4) is 0 Å². The van der Waals surface area contributed by atoms with Gasteiger partial charge in [-0.1, -0.05) is 37.3 Å². The number of hydrogen-bond acceptors (Lipinski definition) is 9. The van der Waals surface area contributed by atoms with E-state index in [2.05, 4.69) is 18.8 Å². The molecule has 0 saturated carbocycles. The summed E-state index contributed by atoms with van der Waals surface area (Å²) >= 11 is 0.972. The highest BCUT2D eigenvalue weighted by Crippen LogP contribution is 2.45. The van der Waals surface area contributed by atoms with E-state index in [1.807, 2.05) is 13.0 Å². The summed E-state index contributed by atoms with van der Waals surface area (Å²) in [6.07, 6.45) is 1.53. The SMILES string of the molecule is CCOC(=O)c1sc(N2C(=O)C(=O)C(=C(O)c3ccc4c(c3)C[C@@H](C)O4)[C@@H]2c2cccc(OCCC(C)C)c2)nc1C. The standard InChI is InChI=1S/C32H34N2O7S/c1-6-39-31(38)29-19(5)33-32(42-29)34-26(20-8-7-9-23(16-20)40-13-12-17(2)3)25(28(36)30(34)37)27(35)21-10-11-24-22(15-21)14-18(4)41-24/h7-11,15-18,26,35H,6,12-14H2,1-5H3/t18-,26+/m1/s1. The summed E-state index contributed by atoms with van der Waals surface area (Å²) in [7, 11) is 0. The summed E-state index contributed by atoms with van der Waals surface area (Å²) in [5, 5.41) is 11.8. The number of carbonyl (C=O) groups excluding carboxylic acids is 3. The number of aliphatic hydroxyl groups excluding tert-OH is 1. The Morgan fingerprint density at radius 1 is 1.21 bits per heavy atom. The molecule has 10 heteroatoms. The third-order valence-corrected chi connectivity index (χ3v) is 8.34. The molecule has 0 aliphatic carbocycles. The quantitative estimate of drug-likeness (QED) is 0.140. The van der Waals surface area contributed by atoms with Gasteiger partial charge < -0.3 is 19.3 Å². The van der Waals surface area contributed by atoms with E-state index in [4.69, 9.17) is 14.2 Å². The highest BCUT2D eigenvalue weighted by molar-refractivity contribution is 7.17. The molecule has 0 bridgehead atoms. The van der Waals surface area contributed by atoms with Crippen molar-refractivity contribution in [1.82, 2.24) is 4.98 Å². The second-order valence-corrected chi connectivity index (χ2v) is 11.8. The number of aliphatic hydroxyl groups is 1. The maximum absolute atomic E-state index is 13.7. The van der Waals surface area contributed by atoms with Gasteiger partial charge in [0.1, 0.15) is 28.2 Å². The Kier molecular flexibility index (Phi) is 8.36. The summed E-state index contributed by atoms with van der Waals surface area (Å²) in [5.74, 6) is -0.788. The first-order valence-electron chi connectivity index (χ1n) is 14.1. The largest absolute Gasteiger partial charge is 0.507 e. The normalized spacial score (nSPS) is 19.2. The van der Waals surface area contributed by atoms with Crippen LogP contribution in [0.25, 0.3) is 5.76 Å². The van der Waals surface area contributed by atoms with Crippen molar-refractivity contribution in [3.63, 3.8) is 0 Å². The van der Waals surface area contributed by atoms with E-state index in [1.54, 1.807) is 50.2 Å². The highest BCUT2D eigenvalue weighted by atomic mass is 32.1. The van der Waals surface area contributed by atoms with Crippen molar-refractivity contribution in [2.75, 3.05) is 18.1 Å². The zero-order valence-electron chi connectivity index (χ0n) is 24.3. The second kappa shape index (κ2) is 12.0. The molecule has 3 heterocycles. The van der Waals surface area contributed by atoms with E-state index >= 15 is 0 Å². The van der Waals surface area contributed by atoms with E-state index in [0.29, 0.717) is 41.5 Å². The lowest BCUT2D eigenvalue weighted by Crippen LogP contribution is -2.29. The number of esters is 1. The number of rotatable bonds is 9. The van der Waals surface area contributed by atoms with Crippen molar-refractivity contribution < 1.29 is 33.7 Å². The Morgan fingerprint density at radius 2 is 2.00 bits per heavy atom. The molecule has 42 heavy (non-hydrogen) atoms. The van der Waals surface area contributed by atoms with Gasteiger partial charge in [-0.15, -0.1) is 0 Å². The molecule has 220 valence electrons. The molecule has 1 saturated heterocycles. The van der Waals surface area contributed by atoms with Crippen molar-refractivity contribution in [2.24, 2.45) is 5.92 Å². The number of ketones is 1. The van der Waals surface area contributed by atoms with Gasteiger partial charge in [-0.3, -0.25) is 14.5 Å². The minimum atomic E-state index is -1.01. The Balaban J connectivity index is 1.63. The van der Waals surface area contributed by atoms with Crippen molar-refractivity contribution in [3.05, 3.63) is 75.3 Å². The maximum Gasteiger partial charge on any atom is 0.350 e. The molecule has 0 radical (unpaired) electrons. The van der Waals surface area contributed by atoms with Crippen molar-refractivity contribution in [3.8, 4) is 11.5 Å². The summed E-state index contributed by atoms with van der Waals surface area (Å²) in [4.78, 5) is 45.8. The molecule has 1 fully saturated rings. The third kappa shape index (κ3) is 5.63. The van der Waals surface area contributed by atoms with Crippen molar-refractivity contribution in [1.29, 1.82) is 0 Å². The van der Waals surface area contributed by atoms with Crippen LogP contribution in [-0.4, -0.2) is 47.1 Å². The molecule has 9 nitrogen and oxygen atoms in total. The molecule has 2 atom stereocenters. The predicted molar refractivity (Wildman–Crippen MR) is 159 cm³/mol. The van der Waals surface area contributed by atoms with Crippen LogP contribution in [0.15, 0.2) is 48.0 Å². The number of nitrogens with zero attached hydrogens (tertiary/aromatic N) is 2. The van der Waals surface area contributed by atoms with Crippen LogP contribution in [0, 0.1) is 12.8 Å². The van der Waals surface area contributed by atoms with E-state index in [9.17, 15) is 19.5 Å². The molecule has 3 aromatic rings. The van der Waals surface area contributed by atoms with Gasteiger partial charge in [0, 0.05) is 12.0 Å². The van der Waals surface area contributed by atoms with Crippen LogP contribution >= 0.6 is 11.3 Å². The Bertz CT molecular complexity index is 1570. The highest BCUT2D eigenvalue weighted by Gasteiger charge is 2.48. The lowest BCUT2D eigenvalue weighted by Gasteiger charge is -2.23. The Labute approximate surface area is 248 Å². The fraction of sp³-hybridized carbons (Fsp3) is 0.375. The van der Waals surface area contributed by atoms with Gasteiger partial charge in [0.05, 0.1) is 30.5 Å². The Morgan fingerprint density at radius 3 is 2.74 bits per heavy atom. The molecule has 0 spiro atoms. The van der Waals surface area contributed by atoms with Gasteiger partial charge in [-0.05, 0) is 74.6 Å². The minimum Gasteiger partial charge on any atom is -0.507 e. The number of benzene rings is 2. The van der Waals surface area contributed by atoms with Gasteiger partial charge in [0.15, 0.2) is 5.13 Å². The number of ether oxygens (including phenoxy) is 3. The Hall–Kier alpha value is -4.18. The van der Waals surface area contributed by atoms with Gasteiger partial charge in [0.2, 0.25) is 0 Å². The first-order valence-corrected chi connectivity index (χ1v) is 14.9. The molecule has 1 aromatic heterocycles. The van der Waals surface area contributed by atoms with Crippen LogP contribution in [0.1, 0.15) is 72.2 Å². The molecule has 1 amide bonds. The first kappa shape index (κ1) is 29.3. The average Bonchev–Trinajstić information content (AvgIpc) is 3.60. The van der Waals surface area contributed by atoms with Crippen LogP contribution in [0.2, 0.25) is 0 Å². The van der Waals surface area contributed by atoms with Crippen molar-refractivity contribution >= 4 is 39.9 Å². The summed E-state index contributed by atoms with van der Waals surface area (Å²) < 4.78 is 16.9. The number of anilines is 1. The van der Waals surface area contributed by atoms with Crippen LogP contribution in [-0.2, 0) is 20.7 Å². The molecule has 5 rings (SSSR count). The van der Waals surface area contributed by atoms with Gasteiger partial charge >= 0.3 is 11.9 Å². The van der Waals surface area contributed by atoms with E-state index < -0.39 is 23.7 Å². The fourth-order valence-corrected chi connectivity index (χ4v) is 6.12. The maximum atomic E-state index is 13.7. The van der Waals surface area contributed by atoms with Crippen LogP contribution < -0.4 is 14.4 Å². The second-order valence-electron chi connectivity index (χ2n) is 10.9. The topological polar surface area (TPSA) is 115 Å². The zero-order valence-corrected chi connectivity index (χ0v) is 25.1. The number of amides is 1. The van der Waals surface area contributed by atoms with Crippen LogP contribution in [0.5, 0.6) is 11.5 Å². The number of thiazole rings is 1. The molecule has 2 aliphatic rings. The number of aryl methyl sites for hydroxylation is 1. The monoisotopic (exact) mass is 590 g/mol. The number of aromatic nitrogens is 1. The van der Waals surface area contributed by atoms with E-state index in [-0.39, 0.29) is 34.1 Å². The third-order valence-electron chi connectivity index (χ3n) is 7.20. The van der Waals surface area contributed by atoms with Gasteiger partial charge in [-0.2, -0.15) is 0 Å². The zero-order chi connectivity index (χ0) is 30.1. The average molecular weight is 591 g/mol. The van der Waals surface area contributed by atoms with Crippen LogP contribution in [0.4, 0.5) is 5.13 Å². The van der Waals surface area contributed by atoms with E-state index in [0.717, 1.165) is 29.1 Å². The van der Waals surface area contributed by atoms with E-state index in [1.165, 1.54) is 4.90 Å². The summed E-state index contributed by atoms with van der Waals surface area (Å²) in [5.41, 5.74) is 2.18. The number of Topliss-reactive ketones (excluding diaryl/α,β-unsaturated/α-hetero) is 1. The number of hydrogen-bond donors (Lipinski definition) is 1. The predicted octanol–water partition coefficient (Wildman–Crippen LogP) is 6.00. The molecular formula is C32H34N2O7S. The molecule has 1 N–H and O–H groups in total. The molecule has 0 unspecified atom stereocenters. The summed E-state index contributed by atoms with van der Waals surface area (Å²) in [6.45, 7) is 10.2. The number of carbonyl (C=O) groups is 3. The summed E-state index contributed by atoms with van der Waals surface area (Å²) in [6, 6.07) is 11.3. The van der Waals surface area contributed by atoms with Crippen molar-refractivity contribution in [2.45, 2.75) is 59.6 Å². The smallest absolute Gasteiger partial charge is 0.350 e. The van der Waals surface area contributed by atoms with Gasteiger partial charge in [-0.25, -0.2) is 9.78 Å². The van der Waals surface area contributed by atoms with Gasteiger partial charge in [0.25, 0.3) is 5.78 Å². The lowest BCUT2D eigenvalue weighted by molar-refractivity contribution is -0.132.